The predicted molar refractivity (Wildman–Crippen MR) is 77.3 cm³/mol. The van der Waals surface area contributed by atoms with E-state index in [9.17, 15) is 14.7 Å². The van der Waals surface area contributed by atoms with Crippen LogP contribution in [0.1, 0.15) is 29.7 Å². The second-order valence-corrected chi connectivity index (χ2v) is 5.06. The molecule has 1 aromatic carbocycles. The molecule has 22 heavy (non-hydrogen) atoms. The molecule has 0 saturated carbocycles. The van der Waals surface area contributed by atoms with Gasteiger partial charge in [-0.1, -0.05) is 28.9 Å². The normalized spacial score (nSPS) is 11.9. The van der Waals surface area contributed by atoms with E-state index in [0.717, 1.165) is 0 Å². The van der Waals surface area contributed by atoms with Crippen LogP contribution in [0.5, 0.6) is 0 Å². The molecule has 0 fully saturated rings. The van der Waals surface area contributed by atoms with E-state index >= 15 is 0 Å². The summed E-state index contributed by atoms with van der Waals surface area (Å²) >= 11 is 5.76. The molecule has 1 unspecified atom stereocenters. The number of amides is 1. The number of carbonyl (C=O) groups is 2. The van der Waals surface area contributed by atoms with Crippen LogP contribution in [0.4, 0.5) is 0 Å². The lowest BCUT2D eigenvalue weighted by Gasteiger charge is -2.14. The van der Waals surface area contributed by atoms with E-state index in [2.05, 4.69) is 15.5 Å². The van der Waals surface area contributed by atoms with Gasteiger partial charge in [0.15, 0.2) is 11.9 Å². The zero-order chi connectivity index (χ0) is 16.1. The number of carbonyl (C=O) groups excluding carboxylic acids is 1. The van der Waals surface area contributed by atoms with Crippen LogP contribution in [0.25, 0.3) is 0 Å². The molecule has 116 valence electrons. The lowest BCUT2D eigenvalue weighted by atomic mass is 10.1. The zero-order valence-electron chi connectivity index (χ0n) is 11.7. The smallest absolute Gasteiger partial charge is 0.330 e. The molecule has 0 bridgehead atoms. The molecule has 8 heteroatoms. The van der Waals surface area contributed by atoms with E-state index in [1.807, 2.05) is 0 Å². The molecule has 7 nitrogen and oxygen atoms in total. The number of hydrogen-bond donors (Lipinski definition) is 2. The Labute approximate surface area is 131 Å². The first-order chi connectivity index (χ1) is 10.5. The number of carboxylic acid groups (broad SMARTS) is 1. The van der Waals surface area contributed by atoms with Gasteiger partial charge in [0.2, 0.25) is 11.8 Å². The van der Waals surface area contributed by atoms with Gasteiger partial charge in [0.05, 0.1) is 0 Å². The molecule has 1 atom stereocenters. The first-order valence-corrected chi connectivity index (χ1v) is 6.90. The number of hydrogen-bond acceptors (Lipinski definition) is 5. The third-order valence-corrected chi connectivity index (χ3v) is 3.14. The maximum absolute atomic E-state index is 11.9. The highest BCUT2D eigenvalue weighted by Gasteiger charge is 2.22. The van der Waals surface area contributed by atoms with Crippen molar-refractivity contribution in [2.45, 2.75) is 25.8 Å². The summed E-state index contributed by atoms with van der Waals surface area (Å²) in [5.74, 6) is -0.742. The Balaban J connectivity index is 1.97. The second kappa shape index (κ2) is 7.04. The minimum absolute atomic E-state index is 0.0546. The number of nitrogens with zero attached hydrogens (tertiary/aromatic N) is 2. The number of aromatic nitrogens is 2. The molecule has 2 rings (SSSR count). The van der Waals surface area contributed by atoms with Gasteiger partial charge in [0.1, 0.15) is 0 Å². The van der Waals surface area contributed by atoms with Gasteiger partial charge in [-0.3, -0.25) is 4.79 Å². The zero-order valence-corrected chi connectivity index (χ0v) is 12.5. The number of nitrogens with one attached hydrogen (secondary N) is 1. The van der Waals surface area contributed by atoms with E-state index in [1.165, 1.54) is 0 Å². The van der Waals surface area contributed by atoms with Crippen molar-refractivity contribution in [1.82, 2.24) is 15.5 Å². The summed E-state index contributed by atoms with van der Waals surface area (Å²) in [7, 11) is 0. The maximum Gasteiger partial charge on any atom is 0.330 e. The van der Waals surface area contributed by atoms with Gasteiger partial charge in [0.25, 0.3) is 0 Å². The molecule has 0 aliphatic rings. The number of benzene rings is 1. The Hall–Kier alpha value is -2.41. The largest absolute Gasteiger partial charge is 0.479 e. The molecule has 0 saturated heterocycles. The van der Waals surface area contributed by atoms with Crippen LogP contribution < -0.4 is 5.32 Å². The van der Waals surface area contributed by atoms with Crippen LogP contribution in [-0.4, -0.2) is 27.1 Å². The topological polar surface area (TPSA) is 105 Å². The third-order valence-electron chi connectivity index (χ3n) is 2.89. The highest BCUT2D eigenvalue weighted by molar-refractivity contribution is 6.30. The highest BCUT2D eigenvalue weighted by atomic mass is 35.5. The molecular formula is C14H14ClN3O4. The first-order valence-electron chi connectivity index (χ1n) is 6.52. The summed E-state index contributed by atoms with van der Waals surface area (Å²) in [4.78, 5) is 27.2. The monoisotopic (exact) mass is 323 g/mol. The van der Waals surface area contributed by atoms with Crippen molar-refractivity contribution in [3.63, 3.8) is 0 Å². The average Bonchev–Trinajstić information content (AvgIpc) is 2.89. The lowest BCUT2D eigenvalue weighted by Crippen LogP contribution is -2.33. The molecule has 0 radical (unpaired) electrons. The number of halogens is 1. The number of rotatable bonds is 6. The van der Waals surface area contributed by atoms with Crippen molar-refractivity contribution in [3.05, 3.63) is 46.6 Å². The number of aryl methyl sites for hydroxylation is 2. The summed E-state index contributed by atoms with van der Waals surface area (Å²) in [5, 5.41) is 15.8. The Bertz CT molecular complexity index is 669. The van der Waals surface area contributed by atoms with Crippen molar-refractivity contribution in [3.8, 4) is 0 Å². The standard InChI is InChI=1S/C14H14ClN3O4/c1-8-16-12(22-18-8)7-6-11(19)17-13(14(20)21)9-2-4-10(15)5-3-9/h2-5,13H,6-7H2,1H3,(H,17,19)(H,20,21). The van der Waals surface area contributed by atoms with Crippen LogP contribution in [0.2, 0.25) is 5.02 Å². The van der Waals surface area contributed by atoms with Crippen molar-refractivity contribution in [2.24, 2.45) is 0 Å². The van der Waals surface area contributed by atoms with Crippen LogP contribution in [0.3, 0.4) is 0 Å². The van der Waals surface area contributed by atoms with E-state index in [4.69, 9.17) is 16.1 Å². The van der Waals surface area contributed by atoms with E-state index in [0.29, 0.717) is 22.3 Å². The van der Waals surface area contributed by atoms with Crippen molar-refractivity contribution >= 4 is 23.5 Å². The fourth-order valence-electron chi connectivity index (χ4n) is 1.84. The van der Waals surface area contributed by atoms with Crippen LogP contribution in [0, 0.1) is 6.92 Å². The van der Waals surface area contributed by atoms with E-state index in [1.54, 1.807) is 31.2 Å². The summed E-state index contributed by atoms with van der Waals surface area (Å²) < 4.78 is 4.89. The van der Waals surface area contributed by atoms with Crippen molar-refractivity contribution in [1.29, 1.82) is 0 Å². The van der Waals surface area contributed by atoms with Crippen molar-refractivity contribution < 1.29 is 19.2 Å². The van der Waals surface area contributed by atoms with Gasteiger partial charge in [-0.15, -0.1) is 0 Å². The lowest BCUT2D eigenvalue weighted by molar-refractivity contribution is -0.142. The van der Waals surface area contributed by atoms with E-state index < -0.39 is 17.9 Å². The van der Waals surface area contributed by atoms with Gasteiger partial charge in [-0.05, 0) is 24.6 Å². The summed E-state index contributed by atoms with van der Waals surface area (Å²) in [6, 6.07) is 5.13. The molecular weight excluding hydrogens is 310 g/mol. The molecule has 2 N–H and O–H groups in total. The van der Waals surface area contributed by atoms with Gasteiger partial charge in [0, 0.05) is 17.9 Å². The fourth-order valence-corrected chi connectivity index (χ4v) is 1.96. The fraction of sp³-hybridized carbons (Fsp3) is 0.286. The highest BCUT2D eigenvalue weighted by Crippen LogP contribution is 2.17. The van der Waals surface area contributed by atoms with Gasteiger partial charge in [-0.25, -0.2) is 4.79 Å². The maximum atomic E-state index is 11.9. The molecule has 1 heterocycles. The summed E-state index contributed by atoms with van der Waals surface area (Å²) in [5.41, 5.74) is 0.443. The minimum atomic E-state index is -1.15. The Morgan fingerprint density at radius 1 is 1.36 bits per heavy atom. The number of aliphatic carboxylic acids is 1. The van der Waals surface area contributed by atoms with E-state index in [-0.39, 0.29) is 12.8 Å². The average molecular weight is 324 g/mol. The Kier molecular flexibility index (Phi) is 5.11. The quantitative estimate of drug-likeness (QED) is 0.841. The molecule has 0 aliphatic heterocycles. The Morgan fingerprint density at radius 2 is 2.05 bits per heavy atom. The molecule has 1 amide bonds. The van der Waals surface area contributed by atoms with Crippen LogP contribution >= 0.6 is 11.6 Å². The van der Waals surface area contributed by atoms with Gasteiger partial charge < -0.3 is 14.9 Å². The molecule has 0 spiro atoms. The summed E-state index contributed by atoms with van der Waals surface area (Å²) in [6.07, 6.45) is 0.304. The Morgan fingerprint density at radius 3 is 2.59 bits per heavy atom. The molecule has 2 aromatic rings. The molecule has 1 aromatic heterocycles. The van der Waals surface area contributed by atoms with Gasteiger partial charge in [-0.2, -0.15) is 4.98 Å². The minimum Gasteiger partial charge on any atom is -0.479 e. The third kappa shape index (κ3) is 4.29. The predicted octanol–water partition coefficient (Wildman–Crippen LogP) is 1.91. The second-order valence-electron chi connectivity index (χ2n) is 4.63. The molecule has 0 aliphatic carbocycles. The van der Waals surface area contributed by atoms with Crippen LogP contribution in [0.15, 0.2) is 28.8 Å². The van der Waals surface area contributed by atoms with Crippen LogP contribution in [-0.2, 0) is 16.0 Å². The van der Waals surface area contributed by atoms with Crippen molar-refractivity contribution in [2.75, 3.05) is 0 Å². The number of carboxylic acids is 1. The first kappa shape index (κ1) is 16.0. The van der Waals surface area contributed by atoms with Gasteiger partial charge >= 0.3 is 5.97 Å². The summed E-state index contributed by atoms with van der Waals surface area (Å²) in [6.45, 7) is 1.67. The SMILES string of the molecule is Cc1noc(CCC(=O)NC(C(=O)O)c2ccc(Cl)cc2)n1.